The van der Waals surface area contributed by atoms with Crippen LogP contribution in [0.5, 0.6) is 0 Å². The number of aliphatic hydroxyl groups is 1. The van der Waals surface area contributed by atoms with E-state index in [0.717, 1.165) is 5.57 Å². The first-order valence-corrected chi connectivity index (χ1v) is 17.0. The van der Waals surface area contributed by atoms with Crippen molar-refractivity contribution in [3.8, 4) is 0 Å². The zero-order valence-corrected chi connectivity index (χ0v) is 30.3. The minimum Gasteiger partial charge on any atom is -0.462 e. The molecule has 3 heterocycles. The lowest BCUT2D eigenvalue weighted by Gasteiger charge is -2.47. The van der Waals surface area contributed by atoms with Crippen LogP contribution in [0.1, 0.15) is 88.5 Å². The van der Waals surface area contributed by atoms with E-state index >= 15 is 0 Å². The van der Waals surface area contributed by atoms with Gasteiger partial charge in [0.25, 0.3) is 0 Å². The van der Waals surface area contributed by atoms with Crippen molar-refractivity contribution in [1.82, 2.24) is 10.2 Å². The van der Waals surface area contributed by atoms with Gasteiger partial charge in [-0.15, -0.1) is 0 Å². The Labute approximate surface area is 280 Å². The van der Waals surface area contributed by atoms with Gasteiger partial charge in [-0.1, -0.05) is 47.1 Å². The topological polar surface area (TPSA) is 150 Å². The van der Waals surface area contributed by atoms with Gasteiger partial charge in [-0.2, -0.15) is 0 Å². The van der Waals surface area contributed by atoms with Gasteiger partial charge in [-0.25, -0.2) is 4.79 Å². The Morgan fingerprint density at radius 3 is 2.30 bits per heavy atom. The van der Waals surface area contributed by atoms with Gasteiger partial charge < -0.3 is 39.0 Å². The fourth-order valence-corrected chi connectivity index (χ4v) is 8.04. The maximum atomic E-state index is 14.1. The van der Waals surface area contributed by atoms with Crippen molar-refractivity contribution in [1.29, 1.82) is 0 Å². The lowest BCUT2D eigenvalue weighted by atomic mass is 9.68. The molecule has 268 valence electrons. The second-order valence-electron chi connectivity index (χ2n) is 15.0. The Kier molecular flexibility index (Phi) is 12.7. The molecule has 0 saturated carbocycles. The average Bonchev–Trinajstić information content (AvgIpc) is 3.29. The maximum absolute atomic E-state index is 14.1. The Morgan fingerprint density at radius 1 is 1.09 bits per heavy atom. The van der Waals surface area contributed by atoms with Gasteiger partial charge in [-0.3, -0.25) is 14.4 Å². The van der Waals surface area contributed by atoms with E-state index in [2.05, 4.69) is 12.2 Å². The molecule has 47 heavy (non-hydrogen) atoms. The molecule has 0 radical (unpaired) electrons. The third-order valence-electron chi connectivity index (χ3n) is 10.5. The number of amides is 1. The molecule has 3 rings (SSSR count). The van der Waals surface area contributed by atoms with Crippen LogP contribution in [0.4, 0.5) is 4.79 Å². The minimum atomic E-state index is -1.24. The van der Waals surface area contributed by atoms with Crippen molar-refractivity contribution in [2.45, 2.75) is 137 Å². The second kappa shape index (κ2) is 15.3. The number of hydrogen-bond acceptors (Lipinski definition) is 11. The highest BCUT2D eigenvalue weighted by Crippen LogP contribution is 2.44. The lowest BCUT2D eigenvalue weighted by molar-refractivity contribution is -0.285. The van der Waals surface area contributed by atoms with Crippen molar-refractivity contribution in [2.24, 2.45) is 29.1 Å². The molecule has 2 N–H and O–H groups in total. The molecule has 1 amide bonds. The minimum absolute atomic E-state index is 0.0302. The zero-order chi connectivity index (χ0) is 35.6. The number of hydrogen-bond donors (Lipinski definition) is 2. The number of fused-ring (bicyclic) bond motifs is 1. The SMILES string of the molecule is CC[C@H]1OC(=O)C(C)C(=O)[C@H](C)[C@@H](O[C@@H]2O[C@H](C)C[C@H](N(C)C)[C@H]2O)C(C)(C)C[C@@H](C)/C(=C\COC(C)=O)[C@H](C)[C@H]2NC(=O)O[C@@]21C. The summed E-state index contributed by atoms with van der Waals surface area (Å²) in [7, 11) is 3.79. The van der Waals surface area contributed by atoms with E-state index in [0.29, 0.717) is 19.3 Å². The number of carbonyl (C=O) groups excluding carboxylic acids is 4. The number of ketones is 1. The highest BCUT2D eigenvalue weighted by Gasteiger charge is 2.56. The maximum Gasteiger partial charge on any atom is 0.408 e. The van der Waals surface area contributed by atoms with E-state index < -0.39 is 71.5 Å². The van der Waals surface area contributed by atoms with Crippen LogP contribution in [0.15, 0.2) is 11.6 Å². The van der Waals surface area contributed by atoms with Crippen LogP contribution in [-0.2, 0) is 38.1 Å². The molecule has 3 saturated heterocycles. The largest absolute Gasteiger partial charge is 0.462 e. The number of esters is 2. The third-order valence-corrected chi connectivity index (χ3v) is 10.5. The molecule has 0 aliphatic carbocycles. The van der Waals surface area contributed by atoms with E-state index in [1.807, 2.05) is 59.7 Å². The number of carbonyl (C=O) groups is 4. The number of rotatable bonds is 6. The summed E-state index contributed by atoms with van der Waals surface area (Å²) in [6, 6.07) is -0.818. The predicted octanol–water partition coefficient (Wildman–Crippen LogP) is 4.02. The Morgan fingerprint density at radius 2 is 1.72 bits per heavy atom. The summed E-state index contributed by atoms with van der Waals surface area (Å²) in [5, 5.41) is 14.3. The van der Waals surface area contributed by atoms with Crippen molar-refractivity contribution >= 4 is 23.8 Å². The number of nitrogens with one attached hydrogen (secondary N) is 1. The number of likely N-dealkylation sites (N-methyl/N-ethyl adjacent to an activating group) is 1. The molecule has 3 fully saturated rings. The molecular weight excluding hydrogens is 608 g/mol. The Balaban J connectivity index is 2.14. The highest BCUT2D eigenvalue weighted by atomic mass is 16.7. The number of ether oxygens (including phenoxy) is 5. The first-order chi connectivity index (χ1) is 21.7. The summed E-state index contributed by atoms with van der Waals surface area (Å²) in [6.45, 7) is 18.2. The molecule has 3 aliphatic heterocycles. The molecule has 12 atom stereocenters. The van der Waals surface area contributed by atoms with Crippen LogP contribution >= 0.6 is 0 Å². The number of Topliss-reactive ketones (excluding diaryl/α,β-unsaturated/α-hetero) is 1. The van der Waals surface area contributed by atoms with Gasteiger partial charge >= 0.3 is 18.0 Å². The van der Waals surface area contributed by atoms with Crippen LogP contribution in [0.25, 0.3) is 0 Å². The first kappa shape index (κ1) is 38.9. The summed E-state index contributed by atoms with van der Waals surface area (Å²) < 4.78 is 30.0. The molecule has 12 nitrogen and oxygen atoms in total. The molecule has 0 aromatic rings. The summed E-state index contributed by atoms with van der Waals surface area (Å²) in [5.74, 6) is -3.90. The number of cyclic esters (lactones) is 1. The van der Waals surface area contributed by atoms with E-state index in [-0.39, 0.29) is 36.4 Å². The fourth-order valence-electron chi connectivity index (χ4n) is 8.04. The van der Waals surface area contributed by atoms with Crippen LogP contribution in [0.2, 0.25) is 0 Å². The van der Waals surface area contributed by atoms with Crippen molar-refractivity contribution < 1.29 is 48.0 Å². The lowest BCUT2D eigenvalue weighted by Crippen LogP contribution is -2.57. The standard InChI is InChI=1S/C35H58N2O10/c1-13-26-35(10)29(36-33(42)47-35)20(4)24(14-15-43-23(7)38)18(2)17-34(8,9)30(21(5)27(39)22(6)31(41)45-26)46-32-28(40)25(37(11)12)16-19(3)44-32/h14,18-22,25-26,28-30,32,40H,13,15-17H2,1-12H3,(H,36,42)/b24-14+/t18-,19-,20+,21+,22?,25+,26-,28-,29-,30-,32+,35-/m1/s1. The Hall–Kier alpha value is -2.54. The molecule has 0 bridgehead atoms. The van der Waals surface area contributed by atoms with Gasteiger partial charge in [0, 0.05) is 24.8 Å². The molecule has 1 unspecified atom stereocenters. The number of aliphatic hydroxyl groups excluding tert-OH is 1. The number of alkyl carbamates (subject to hydrolysis) is 1. The average molecular weight is 667 g/mol. The first-order valence-electron chi connectivity index (χ1n) is 17.0. The molecule has 0 aromatic carbocycles. The summed E-state index contributed by atoms with van der Waals surface area (Å²) in [6.07, 6.45) is -1.10. The van der Waals surface area contributed by atoms with E-state index in [1.54, 1.807) is 13.8 Å². The van der Waals surface area contributed by atoms with Crippen molar-refractivity contribution in [2.75, 3.05) is 20.7 Å². The second-order valence-corrected chi connectivity index (χ2v) is 15.0. The molecular formula is C35H58N2O10. The molecule has 12 heteroatoms. The monoisotopic (exact) mass is 666 g/mol. The van der Waals surface area contributed by atoms with Gasteiger partial charge in [-0.05, 0) is 71.5 Å². The van der Waals surface area contributed by atoms with Gasteiger partial charge in [0.2, 0.25) is 0 Å². The highest BCUT2D eigenvalue weighted by molar-refractivity contribution is 6.00. The predicted molar refractivity (Wildman–Crippen MR) is 174 cm³/mol. The van der Waals surface area contributed by atoms with Gasteiger partial charge in [0.15, 0.2) is 17.7 Å². The molecule has 3 aliphatic rings. The number of nitrogens with zero attached hydrogens (tertiary/aromatic N) is 1. The van der Waals surface area contributed by atoms with Gasteiger partial charge in [0.1, 0.15) is 24.7 Å². The summed E-state index contributed by atoms with van der Waals surface area (Å²) in [5.41, 5.74) is -1.04. The van der Waals surface area contributed by atoms with Crippen LogP contribution in [0.3, 0.4) is 0 Å². The molecule has 0 spiro atoms. The van der Waals surface area contributed by atoms with Crippen LogP contribution < -0.4 is 5.32 Å². The van der Waals surface area contributed by atoms with Crippen molar-refractivity contribution in [3.63, 3.8) is 0 Å². The summed E-state index contributed by atoms with van der Waals surface area (Å²) in [4.78, 5) is 54.1. The molecule has 0 aromatic heterocycles. The van der Waals surface area contributed by atoms with E-state index in [4.69, 9.17) is 23.7 Å². The third kappa shape index (κ3) is 8.55. The quantitative estimate of drug-likeness (QED) is 0.183. The smallest absolute Gasteiger partial charge is 0.408 e. The zero-order valence-electron chi connectivity index (χ0n) is 30.3. The van der Waals surface area contributed by atoms with E-state index in [9.17, 15) is 24.3 Å². The van der Waals surface area contributed by atoms with Crippen LogP contribution in [0, 0.1) is 29.1 Å². The van der Waals surface area contributed by atoms with Crippen molar-refractivity contribution in [3.05, 3.63) is 11.6 Å². The Bertz CT molecular complexity index is 1190. The summed E-state index contributed by atoms with van der Waals surface area (Å²) >= 11 is 0. The van der Waals surface area contributed by atoms with Crippen LogP contribution in [-0.4, -0.2) is 103 Å². The normalized spacial score (nSPS) is 41.0. The van der Waals surface area contributed by atoms with Gasteiger partial charge in [0.05, 0.1) is 18.2 Å². The fraction of sp³-hybridized carbons (Fsp3) is 0.829. The van der Waals surface area contributed by atoms with E-state index in [1.165, 1.54) is 13.8 Å².